The van der Waals surface area contributed by atoms with Crippen molar-refractivity contribution in [2.24, 2.45) is 0 Å². The Morgan fingerprint density at radius 3 is 2.88 bits per heavy atom. The molecular formula is C19H22N6O. The van der Waals surface area contributed by atoms with E-state index >= 15 is 0 Å². The van der Waals surface area contributed by atoms with Gasteiger partial charge in [0, 0.05) is 42.5 Å². The van der Waals surface area contributed by atoms with Crippen molar-refractivity contribution < 1.29 is 4.79 Å². The molecule has 0 aromatic carbocycles. The molecule has 5 rings (SSSR count). The number of rotatable bonds is 2. The first kappa shape index (κ1) is 15.5. The predicted octanol–water partition coefficient (Wildman–Crippen LogP) is 2.46. The van der Waals surface area contributed by atoms with Crippen LogP contribution in [-0.4, -0.2) is 41.2 Å². The molecule has 0 unspecified atom stereocenters. The molecule has 0 saturated carbocycles. The molecule has 0 radical (unpaired) electrons. The van der Waals surface area contributed by atoms with E-state index < -0.39 is 0 Å². The van der Waals surface area contributed by atoms with E-state index in [1.54, 1.807) is 6.20 Å². The Hall–Kier alpha value is -2.70. The number of carbonyl (C=O) groups excluding carboxylic acids is 1. The van der Waals surface area contributed by atoms with Crippen LogP contribution in [0.1, 0.15) is 58.8 Å². The van der Waals surface area contributed by atoms with E-state index in [1.807, 2.05) is 42.2 Å². The van der Waals surface area contributed by atoms with Gasteiger partial charge in [-0.25, -0.2) is 9.50 Å². The first-order chi connectivity index (χ1) is 12.6. The Balaban J connectivity index is 1.58. The lowest BCUT2D eigenvalue weighted by Crippen LogP contribution is -2.42. The maximum Gasteiger partial charge on any atom is 0.258 e. The van der Waals surface area contributed by atoms with E-state index in [9.17, 15) is 4.79 Å². The summed E-state index contributed by atoms with van der Waals surface area (Å²) in [5, 5.41) is 8.97. The average molecular weight is 350 g/mol. The molecule has 3 aromatic rings. The van der Waals surface area contributed by atoms with E-state index in [-0.39, 0.29) is 18.0 Å². The van der Waals surface area contributed by atoms with E-state index in [4.69, 9.17) is 0 Å². The molecule has 5 heterocycles. The lowest BCUT2D eigenvalue weighted by molar-refractivity contribution is 0.0641. The number of fused-ring (bicyclic) bond motifs is 6. The lowest BCUT2D eigenvalue weighted by atomic mass is 9.98. The van der Waals surface area contributed by atoms with Gasteiger partial charge in [0.1, 0.15) is 0 Å². The highest BCUT2D eigenvalue weighted by atomic mass is 16.2. The van der Waals surface area contributed by atoms with E-state index in [2.05, 4.69) is 20.1 Å². The molecule has 26 heavy (non-hydrogen) atoms. The molecule has 0 N–H and O–H groups in total. The minimum absolute atomic E-state index is 0.0852. The number of carbonyl (C=O) groups is 1. The third-order valence-electron chi connectivity index (χ3n) is 5.90. The number of nitrogens with zero attached hydrogens (tertiary/aromatic N) is 6. The van der Waals surface area contributed by atoms with Gasteiger partial charge in [-0.05, 0) is 33.6 Å². The van der Waals surface area contributed by atoms with E-state index in [0.29, 0.717) is 0 Å². The second-order valence-corrected chi connectivity index (χ2v) is 7.34. The zero-order chi connectivity index (χ0) is 18.0. The zero-order valence-corrected chi connectivity index (χ0v) is 15.3. The maximum absolute atomic E-state index is 13.3. The van der Waals surface area contributed by atoms with Gasteiger partial charge in [-0.3, -0.25) is 9.48 Å². The average Bonchev–Trinajstić information content (AvgIpc) is 3.28. The van der Waals surface area contributed by atoms with Crippen molar-refractivity contribution >= 4 is 11.6 Å². The van der Waals surface area contributed by atoms with Crippen LogP contribution in [0.3, 0.4) is 0 Å². The van der Waals surface area contributed by atoms with Crippen molar-refractivity contribution in [3.05, 3.63) is 46.7 Å². The van der Waals surface area contributed by atoms with Gasteiger partial charge < -0.3 is 4.90 Å². The fourth-order valence-corrected chi connectivity index (χ4v) is 4.63. The van der Waals surface area contributed by atoms with Crippen LogP contribution in [0.2, 0.25) is 0 Å². The van der Waals surface area contributed by atoms with Crippen LogP contribution in [0.15, 0.2) is 18.5 Å². The van der Waals surface area contributed by atoms with Gasteiger partial charge >= 0.3 is 0 Å². The quantitative estimate of drug-likeness (QED) is 0.712. The summed E-state index contributed by atoms with van der Waals surface area (Å²) in [7, 11) is 0. The van der Waals surface area contributed by atoms with Crippen LogP contribution in [0, 0.1) is 13.8 Å². The Labute approximate surface area is 151 Å². The molecule has 2 atom stereocenters. The van der Waals surface area contributed by atoms with Crippen LogP contribution in [-0.2, 0) is 13.0 Å². The van der Waals surface area contributed by atoms with Crippen molar-refractivity contribution in [3.63, 3.8) is 0 Å². The number of hydrogen-bond donors (Lipinski definition) is 0. The molecule has 0 spiro atoms. The summed E-state index contributed by atoms with van der Waals surface area (Å²) in [5.41, 5.74) is 5.87. The minimum atomic E-state index is 0.0852. The fraction of sp³-hybridized carbons (Fsp3) is 0.474. The van der Waals surface area contributed by atoms with E-state index in [1.165, 1.54) is 5.69 Å². The number of aromatic nitrogens is 5. The summed E-state index contributed by atoms with van der Waals surface area (Å²) < 4.78 is 3.85. The van der Waals surface area contributed by atoms with Gasteiger partial charge in [0.05, 0.1) is 29.2 Å². The Morgan fingerprint density at radius 2 is 2.12 bits per heavy atom. The summed E-state index contributed by atoms with van der Waals surface area (Å²) in [6.07, 6.45) is 6.50. The number of amides is 1. The third kappa shape index (κ3) is 2.00. The Kier molecular flexibility index (Phi) is 3.23. The van der Waals surface area contributed by atoms with Crippen LogP contribution in [0.4, 0.5) is 0 Å². The lowest BCUT2D eigenvalue weighted by Gasteiger charge is -2.36. The normalized spacial score (nSPS) is 21.4. The molecule has 3 aromatic heterocycles. The first-order valence-electron chi connectivity index (χ1n) is 9.27. The van der Waals surface area contributed by atoms with Gasteiger partial charge in [0.2, 0.25) is 0 Å². The van der Waals surface area contributed by atoms with Gasteiger partial charge in [-0.15, -0.1) is 0 Å². The molecule has 1 saturated heterocycles. The van der Waals surface area contributed by atoms with E-state index in [0.717, 1.165) is 54.0 Å². The molecule has 7 nitrogen and oxygen atoms in total. The monoisotopic (exact) mass is 350 g/mol. The standard InChI is InChI=1S/C19H22N6O/c1-4-23-12(3)14(10-21-23)19(26)24-13-5-6-16(24)15-9-20-18-7-11(2)22-25(18)17(15)8-13/h7,9-10,13,16H,4-6,8H2,1-3H3/t13-,16+/m1/s1. The minimum Gasteiger partial charge on any atom is -0.328 e. The van der Waals surface area contributed by atoms with Crippen molar-refractivity contribution in [2.75, 3.05) is 0 Å². The summed E-state index contributed by atoms with van der Waals surface area (Å²) in [6, 6.07) is 2.31. The summed E-state index contributed by atoms with van der Waals surface area (Å²) in [4.78, 5) is 20.0. The van der Waals surface area contributed by atoms with Crippen molar-refractivity contribution in [3.8, 4) is 0 Å². The van der Waals surface area contributed by atoms with Crippen LogP contribution in [0.25, 0.3) is 5.65 Å². The second-order valence-electron chi connectivity index (χ2n) is 7.34. The second kappa shape index (κ2) is 5.40. The summed E-state index contributed by atoms with van der Waals surface area (Å²) in [5.74, 6) is 0.0945. The molecule has 7 heteroatoms. The molecule has 134 valence electrons. The predicted molar refractivity (Wildman–Crippen MR) is 96.0 cm³/mol. The molecule has 1 amide bonds. The highest BCUT2D eigenvalue weighted by Gasteiger charge is 2.44. The maximum atomic E-state index is 13.3. The Bertz CT molecular complexity index is 1030. The topological polar surface area (TPSA) is 68.3 Å². The number of aryl methyl sites for hydroxylation is 2. The number of hydrogen-bond acceptors (Lipinski definition) is 4. The molecule has 1 fully saturated rings. The zero-order valence-electron chi connectivity index (χ0n) is 15.3. The SMILES string of the molecule is CCn1ncc(C(=O)N2[C@@H]3CC[C@H]2c2cnc4cc(C)nn4c2C3)c1C. The highest BCUT2D eigenvalue weighted by Crippen LogP contribution is 2.44. The molecule has 0 aliphatic carbocycles. The first-order valence-corrected chi connectivity index (χ1v) is 9.27. The van der Waals surface area contributed by atoms with Crippen molar-refractivity contribution in [2.45, 2.75) is 58.7 Å². The summed E-state index contributed by atoms with van der Waals surface area (Å²) >= 11 is 0. The third-order valence-corrected chi connectivity index (χ3v) is 5.90. The van der Waals surface area contributed by atoms with Crippen LogP contribution in [0.5, 0.6) is 0 Å². The van der Waals surface area contributed by atoms with Gasteiger partial charge in [0.15, 0.2) is 5.65 Å². The van der Waals surface area contributed by atoms with Crippen molar-refractivity contribution in [1.82, 2.24) is 29.3 Å². The summed E-state index contributed by atoms with van der Waals surface area (Å²) in [6.45, 7) is 6.77. The molecule has 2 bridgehead atoms. The van der Waals surface area contributed by atoms with Gasteiger partial charge in [0.25, 0.3) is 5.91 Å². The van der Waals surface area contributed by atoms with Crippen LogP contribution < -0.4 is 0 Å². The molecular weight excluding hydrogens is 328 g/mol. The van der Waals surface area contributed by atoms with Gasteiger partial charge in [-0.1, -0.05) is 0 Å². The van der Waals surface area contributed by atoms with Gasteiger partial charge in [-0.2, -0.15) is 10.2 Å². The fourth-order valence-electron chi connectivity index (χ4n) is 4.63. The highest BCUT2D eigenvalue weighted by molar-refractivity contribution is 5.96. The smallest absolute Gasteiger partial charge is 0.258 e. The molecule has 2 aliphatic rings. The largest absolute Gasteiger partial charge is 0.328 e. The molecule has 2 aliphatic heterocycles. The van der Waals surface area contributed by atoms with Crippen LogP contribution >= 0.6 is 0 Å². The Morgan fingerprint density at radius 1 is 1.27 bits per heavy atom. The van der Waals surface area contributed by atoms with Crippen molar-refractivity contribution in [1.29, 1.82) is 0 Å².